The number of benzene rings is 2. The molecule has 0 fully saturated rings. The average molecular weight is 480 g/mol. The number of fused-ring (bicyclic) bond motifs is 1. The van der Waals surface area contributed by atoms with Gasteiger partial charge in [0, 0.05) is 33.3 Å². The minimum Gasteiger partial charge on any atom is -0.241 e. The van der Waals surface area contributed by atoms with E-state index >= 15 is 0 Å². The molecular weight excluding hydrogens is 468 g/mol. The van der Waals surface area contributed by atoms with E-state index in [-0.39, 0.29) is 0 Å². The average Bonchev–Trinajstić information content (AvgIpc) is 3.15. The molecule has 0 atom stereocenters. The van der Waals surface area contributed by atoms with Gasteiger partial charge >= 0.3 is 0 Å². The first-order valence-electron chi connectivity index (χ1n) is 7.64. The van der Waals surface area contributed by atoms with E-state index < -0.39 is 0 Å². The Balaban J connectivity index is 1.70. The van der Waals surface area contributed by atoms with Crippen LogP contribution in [0.15, 0.2) is 60.9 Å². The first kappa shape index (κ1) is 16.8. The van der Waals surface area contributed by atoms with Crippen LogP contribution in [0.4, 0.5) is 0 Å². The van der Waals surface area contributed by atoms with Crippen LogP contribution in [0, 0.1) is 3.57 Å². The fourth-order valence-electron chi connectivity index (χ4n) is 2.75. The standard InChI is InChI=1S/C19H12Cl2IN3/c20-18-15-11-13(22)4-7-17(15)24-19(21)16(18)10-12-2-5-14(6-3-12)25-9-1-8-23-25/h1-9,11H,10H2. The summed E-state index contributed by atoms with van der Waals surface area (Å²) in [7, 11) is 0. The molecule has 0 unspecified atom stereocenters. The van der Waals surface area contributed by atoms with Crippen molar-refractivity contribution in [2.75, 3.05) is 0 Å². The van der Waals surface area contributed by atoms with Crippen LogP contribution in [0.1, 0.15) is 11.1 Å². The number of hydrogen-bond donors (Lipinski definition) is 0. The van der Waals surface area contributed by atoms with Crippen molar-refractivity contribution in [3.8, 4) is 5.69 Å². The zero-order valence-corrected chi connectivity index (χ0v) is 16.6. The Morgan fingerprint density at radius 3 is 2.56 bits per heavy atom. The summed E-state index contributed by atoms with van der Waals surface area (Å²) in [6.45, 7) is 0. The molecule has 3 nitrogen and oxygen atoms in total. The van der Waals surface area contributed by atoms with Crippen molar-refractivity contribution >= 4 is 56.7 Å². The van der Waals surface area contributed by atoms with Gasteiger partial charge in [0.2, 0.25) is 0 Å². The highest BCUT2D eigenvalue weighted by molar-refractivity contribution is 14.1. The number of nitrogens with zero attached hydrogens (tertiary/aromatic N) is 3. The second-order valence-electron chi connectivity index (χ2n) is 5.65. The normalized spacial score (nSPS) is 11.2. The minimum atomic E-state index is 0.454. The van der Waals surface area contributed by atoms with E-state index in [0.29, 0.717) is 16.6 Å². The van der Waals surface area contributed by atoms with Crippen LogP contribution in [0.2, 0.25) is 10.2 Å². The third kappa shape index (κ3) is 3.38. The quantitative estimate of drug-likeness (QED) is 0.269. The largest absolute Gasteiger partial charge is 0.241 e. The Bertz CT molecular complexity index is 1040. The summed E-state index contributed by atoms with van der Waals surface area (Å²) < 4.78 is 2.94. The van der Waals surface area contributed by atoms with Gasteiger partial charge in [-0.3, -0.25) is 0 Å². The van der Waals surface area contributed by atoms with Gasteiger partial charge in [-0.25, -0.2) is 9.67 Å². The monoisotopic (exact) mass is 479 g/mol. The van der Waals surface area contributed by atoms with E-state index in [0.717, 1.165) is 31.3 Å². The lowest BCUT2D eigenvalue weighted by molar-refractivity contribution is 0.879. The van der Waals surface area contributed by atoms with Gasteiger partial charge in [-0.05, 0) is 64.6 Å². The van der Waals surface area contributed by atoms with Crippen molar-refractivity contribution in [3.05, 3.63) is 85.8 Å². The molecule has 0 amide bonds. The van der Waals surface area contributed by atoms with Gasteiger partial charge in [-0.15, -0.1) is 0 Å². The van der Waals surface area contributed by atoms with Gasteiger partial charge in [0.25, 0.3) is 0 Å². The van der Waals surface area contributed by atoms with E-state index in [4.69, 9.17) is 23.2 Å². The predicted molar refractivity (Wildman–Crippen MR) is 111 cm³/mol. The van der Waals surface area contributed by atoms with Crippen LogP contribution in [-0.2, 0) is 6.42 Å². The van der Waals surface area contributed by atoms with Gasteiger partial charge in [0.15, 0.2) is 0 Å². The summed E-state index contributed by atoms with van der Waals surface area (Å²) >= 11 is 15.3. The Labute approximate surface area is 168 Å². The maximum Gasteiger partial charge on any atom is 0.134 e. The summed E-state index contributed by atoms with van der Waals surface area (Å²) in [5, 5.41) is 6.29. The van der Waals surface area contributed by atoms with Gasteiger partial charge in [0.1, 0.15) is 5.15 Å². The highest BCUT2D eigenvalue weighted by atomic mass is 127. The smallest absolute Gasteiger partial charge is 0.134 e. The first-order valence-corrected chi connectivity index (χ1v) is 9.47. The van der Waals surface area contributed by atoms with E-state index in [1.165, 1.54) is 0 Å². The summed E-state index contributed by atoms with van der Waals surface area (Å²) in [4.78, 5) is 4.50. The molecule has 0 saturated carbocycles. The molecular formula is C19H12Cl2IN3. The molecule has 0 spiro atoms. The van der Waals surface area contributed by atoms with Crippen LogP contribution in [0.5, 0.6) is 0 Å². The Morgan fingerprint density at radius 2 is 1.84 bits per heavy atom. The Morgan fingerprint density at radius 1 is 1.04 bits per heavy atom. The van der Waals surface area contributed by atoms with Crippen molar-refractivity contribution in [3.63, 3.8) is 0 Å². The highest BCUT2D eigenvalue weighted by Crippen LogP contribution is 2.33. The van der Waals surface area contributed by atoms with E-state index in [2.05, 4.69) is 44.8 Å². The van der Waals surface area contributed by atoms with E-state index in [9.17, 15) is 0 Å². The molecule has 4 aromatic rings. The minimum absolute atomic E-state index is 0.454. The van der Waals surface area contributed by atoms with E-state index in [1.807, 2.05) is 47.3 Å². The topological polar surface area (TPSA) is 30.7 Å². The second kappa shape index (κ2) is 6.94. The third-order valence-electron chi connectivity index (χ3n) is 4.01. The zero-order chi connectivity index (χ0) is 17.4. The summed E-state index contributed by atoms with van der Waals surface area (Å²) in [5.74, 6) is 0. The van der Waals surface area contributed by atoms with Gasteiger partial charge in [-0.2, -0.15) is 5.10 Å². The molecule has 2 heterocycles. The molecule has 0 N–H and O–H groups in total. The molecule has 0 aliphatic carbocycles. The molecule has 124 valence electrons. The maximum absolute atomic E-state index is 6.64. The van der Waals surface area contributed by atoms with Crippen molar-refractivity contribution in [2.45, 2.75) is 6.42 Å². The van der Waals surface area contributed by atoms with Crippen LogP contribution in [0.25, 0.3) is 16.6 Å². The van der Waals surface area contributed by atoms with E-state index in [1.54, 1.807) is 6.20 Å². The lowest BCUT2D eigenvalue weighted by Gasteiger charge is -2.11. The fourth-order valence-corrected chi connectivity index (χ4v) is 3.85. The van der Waals surface area contributed by atoms with Gasteiger partial charge in [0.05, 0.1) is 16.2 Å². The number of rotatable bonds is 3. The number of aromatic nitrogens is 3. The molecule has 0 saturated heterocycles. The second-order valence-corrected chi connectivity index (χ2v) is 7.63. The molecule has 2 aromatic heterocycles. The summed E-state index contributed by atoms with van der Waals surface area (Å²) in [6, 6.07) is 16.0. The highest BCUT2D eigenvalue weighted by Gasteiger charge is 2.13. The van der Waals surface area contributed by atoms with Gasteiger partial charge < -0.3 is 0 Å². The summed E-state index contributed by atoms with van der Waals surface area (Å²) in [6.07, 6.45) is 4.30. The molecule has 0 aliphatic heterocycles. The number of pyridine rings is 1. The van der Waals surface area contributed by atoms with Crippen LogP contribution < -0.4 is 0 Å². The molecule has 4 rings (SSSR count). The Kier molecular flexibility index (Phi) is 4.67. The molecule has 6 heteroatoms. The fraction of sp³-hybridized carbons (Fsp3) is 0.0526. The Hall–Kier alpha value is -1.63. The number of hydrogen-bond acceptors (Lipinski definition) is 2. The lowest BCUT2D eigenvalue weighted by Crippen LogP contribution is -1.97. The SMILES string of the molecule is Clc1nc2ccc(I)cc2c(Cl)c1Cc1ccc(-n2cccn2)cc1. The van der Waals surface area contributed by atoms with Gasteiger partial charge in [-0.1, -0.05) is 35.3 Å². The molecule has 0 radical (unpaired) electrons. The molecule has 0 bridgehead atoms. The zero-order valence-electron chi connectivity index (χ0n) is 13.0. The third-order valence-corrected chi connectivity index (χ3v) is 5.43. The van der Waals surface area contributed by atoms with Crippen molar-refractivity contribution in [1.82, 2.24) is 14.8 Å². The molecule has 25 heavy (non-hydrogen) atoms. The summed E-state index contributed by atoms with van der Waals surface area (Å²) in [5.41, 5.74) is 3.79. The van der Waals surface area contributed by atoms with Crippen LogP contribution >= 0.6 is 45.8 Å². The first-order chi connectivity index (χ1) is 12.1. The lowest BCUT2D eigenvalue weighted by atomic mass is 10.0. The molecule has 0 aliphatic rings. The van der Waals surface area contributed by atoms with Crippen molar-refractivity contribution < 1.29 is 0 Å². The molecule has 2 aromatic carbocycles. The maximum atomic E-state index is 6.64. The van der Waals surface area contributed by atoms with Crippen LogP contribution in [0.3, 0.4) is 0 Å². The predicted octanol–water partition coefficient (Wildman–Crippen LogP) is 5.92. The van der Waals surface area contributed by atoms with Crippen molar-refractivity contribution in [1.29, 1.82) is 0 Å². The van der Waals surface area contributed by atoms with Crippen molar-refractivity contribution in [2.24, 2.45) is 0 Å². The number of halogens is 3. The van der Waals surface area contributed by atoms with Crippen LogP contribution in [-0.4, -0.2) is 14.8 Å².